The first kappa shape index (κ1) is 13.2. The zero-order valence-electron chi connectivity index (χ0n) is 12.5. The van der Waals surface area contributed by atoms with Crippen molar-refractivity contribution in [2.75, 3.05) is 12.4 Å². The van der Waals surface area contributed by atoms with E-state index in [1.54, 1.807) is 0 Å². The molecule has 2 heterocycles. The molecule has 106 valence electrons. The number of rotatable bonds is 4. The Morgan fingerprint density at radius 1 is 1.35 bits per heavy atom. The lowest BCUT2D eigenvalue weighted by molar-refractivity contribution is 0.515. The van der Waals surface area contributed by atoms with Crippen LogP contribution < -0.4 is 5.32 Å². The van der Waals surface area contributed by atoms with Crippen LogP contribution in [0.15, 0.2) is 16.5 Å². The van der Waals surface area contributed by atoms with Crippen molar-refractivity contribution >= 4 is 5.82 Å². The average Bonchev–Trinajstić information content (AvgIpc) is 2.99. The van der Waals surface area contributed by atoms with Crippen molar-refractivity contribution in [1.29, 1.82) is 0 Å². The lowest BCUT2D eigenvalue weighted by atomic mass is 10.1. The smallest absolute Gasteiger partial charge is 0.197 e. The summed E-state index contributed by atoms with van der Waals surface area (Å²) in [5.74, 6) is 4.73. The van der Waals surface area contributed by atoms with E-state index in [1.807, 2.05) is 20.0 Å². The summed E-state index contributed by atoms with van der Waals surface area (Å²) in [4.78, 5) is 9.18. The summed E-state index contributed by atoms with van der Waals surface area (Å²) in [6, 6.07) is 4.05. The van der Waals surface area contributed by atoms with Crippen LogP contribution in [0.25, 0.3) is 11.6 Å². The maximum absolute atomic E-state index is 5.94. The summed E-state index contributed by atoms with van der Waals surface area (Å²) < 4.78 is 5.94. The maximum Gasteiger partial charge on any atom is 0.197 e. The third-order valence-corrected chi connectivity index (χ3v) is 4.13. The molecule has 0 saturated heterocycles. The molecule has 1 saturated carbocycles. The van der Waals surface area contributed by atoms with E-state index in [2.05, 4.69) is 35.2 Å². The summed E-state index contributed by atoms with van der Waals surface area (Å²) in [7, 11) is 1.89. The number of anilines is 1. The summed E-state index contributed by atoms with van der Waals surface area (Å²) in [6.07, 6.45) is 2.15. The first-order valence-electron chi connectivity index (χ1n) is 7.29. The van der Waals surface area contributed by atoms with Crippen molar-refractivity contribution in [3.63, 3.8) is 0 Å². The summed E-state index contributed by atoms with van der Waals surface area (Å²) in [5, 5.41) is 3.15. The van der Waals surface area contributed by atoms with Gasteiger partial charge in [0.15, 0.2) is 11.6 Å². The van der Waals surface area contributed by atoms with E-state index in [1.165, 1.54) is 12.0 Å². The second-order valence-corrected chi connectivity index (χ2v) is 5.58. The SMILES string of the molecule is CCc1c(C)nc(-c2ccc(C3CC3C)o2)nc1NC. The Balaban J connectivity index is 1.97. The highest BCUT2D eigenvalue weighted by Crippen LogP contribution is 2.47. The van der Waals surface area contributed by atoms with Crippen molar-refractivity contribution in [3.05, 3.63) is 29.2 Å². The van der Waals surface area contributed by atoms with Crippen LogP contribution in [0.2, 0.25) is 0 Å². The molecular formula is C16H21N3O. The van der Waals surface area contributed by atoms with Gasteiger partial charge >= 0.3 is 0 Å². The monoisotopic (exact) mass is 271 g/mol. The van der Waals surface area contributed by atoms with Crippen LogP contribution in [0, 0.1) is 12.8 Å². The molecule has 0 bridgehead atoms. The minimum atomic E-state index is 0.587. The molecule has 2 aromatic rings. The van der Waals surface area contributed by atoms with Gasteiger partial charge in [0, 0.05) is 24.2 Å². The second kappa shape index (κ2) is 4.93. The van der Waals surface area contributed by atoms with Crippen molar-refractivity contribution in [1.82, 2.24) is 9.97 Å². The number of furan rings is 1. The molecule has 0 spiro atoms. The Kier molecular flexibility index (Phi) is 3.24. The fourth-order valence-electron chi connectivity index (χ4n) is 2.73. The van der Waals surface area contributed by atoms with Gasteiger partial charge in [0.25, 0.3) is 0 Å². The van der Waals surface area contributed by atoms with Crippen LogP contribution in [0.4, 0.5) is 5.82 Å². The number of aromatic nitrogens is 2. The molecule has 20 heavy (non-hydrogen) atoms. The molecule has 1 aliphatic rings. The molecule has 0 aromatic carbocycles. The molecular weight excluding hydrogens is 250 g/mol. The van der Waals surface area contributed by atoms with Crippen LogP contribution in [0.1, 0.15) is 43.2 Å². The Hall–Kier alpha value is -1.84. The molecule has 1 aliphatic carbocycles. The van der Waals surface area contributed by atoms with Gasteiger partial charge in [0.05, 0.1) is 0 Å². The molecule has 2 atom stereocenters. The third kappa shape index (κ3) is 2.19. The summed E-state index contributed by atoms with van der Waals surface area (Å²) >= 11 is 0. The van der Waals surface area contributed by atoms with Gasteiger partial charge in [0.2, 0.25) is 0 Å². The molecule has 4 heteroatoms. The molecule has 1 fully saturated rings. The van der Waals surface area contributed by atoms with Crippen molar-refractivity contribution < 1.29 is 4.42 Å². The van der Waals surface area contributed by atoms with E-state index < -0.39 is 0 Å². The largest absolute Gasteiger partial charge is 0.457 e. The first-order valence-corrected chi connectivity index (χ1v) is 7.29. The topological polar surface area (TPSA) is 51.0 Å². The summed E-state index contributed by atoms with van der Waals surface area (Å²) in [6.45, 7) is 6.39. The van der Waals surface area contributed by atoms with Crippen LogP contribution in [-0.2, 0) is 6.42 Å². The minimum absolute atomic E-state index is 0.587. The first-order chi connectivity index (χ1) is 9.63. The fraction of sp³-hybridized carbons (Fsp3) is 0.500. The van der Waals surface area contributed by atoms with Gasteiger partial charge in [-0.3, -0.25) is 0 Å². The molecule has 2 unspecified atom stereocenters. The van der Waals surface area contributed by atoms with E-state index in [9.17, 15) is 0 Å². The highest BCUT2D eigenvalue weighted by Gasteiger charge is 2.36. The Morgan fingerprint density at radius 2 is 2.10 bits per heavy atom. The number of aryl methyl sites for hydroxylation is 1. The summed E-state index contributed by atoms with van der Waals surface area (Å²) in [5.41, 5.74) is 2.18. The molecule has 0 aliphatic heterocycles. The molecule has 0 radical (unpaired) electrons. The highest BCUT2D eigenvalue weighted by molar-refractivity contribution is 5.55. The average molecular weight is 271 g/mol. The lowest BCUT2D eigenvalue weighted by Crippen LogP contribution is -2.04. The quantitative estimate of drug-likeness (QED) is 0.919. The zero-order chi connectivity index (χ0) is 14.3. The van der Waals surface area contributed by atoms with E-state index in [0.29, 0.717) is 11.7 Å². The molecule has 1 N–H and O–H groups in total. The van der Waals surface area contributed by atoms with Crippen LogP contribution >= 0.6 is 0 Å². The van der Waals surface area contributed by atoms with Crippen molar-refractivity contribution in [2.45, 2.75) is 39.5 Å². The predicted octanol–water partition coefficient (Wildman–Crippen LogP) is 3.77. The lowest BCUT2D eigenvalue weighted by Gasteiger charge is -2.10. The second-order valence-electron chi connectivity index (χ2n) is 5.58. The van der Waals surface area contributed by atoms with E-state index in [4.69, 9.17) is 4.42 Å². The Bertz CT molecular complexity index is 633. The van der Waals surface area contributed by atoms with Gasteiger partial charge in [-0.05, 0) is 37.8 Å². The number of hydrogen-bond donors (Lipinski definition) is 1. The molecule has 3 rings (SSSR count). The number of nitrogens with one attached hydrogen (secondary N) is 1. The number of nitrogens with zero attached hydrogens (tertiary/aromatic N) is 2. The normalized spacial score (nSPS) is 21.0. The number of hydrogen-bond acceptors (Lipinski definition) is 4. The van der Waals surface area contributed by atoms with E-state index in [0.717, 1.165) is 35.4 Å². The van der Waals surface area contributed by atoms with Gasteiger partial charge in [0.1, 0.15) is 11.6 Å². The van der Waals surface area contributed by atoms with Crippen LogP contribution in [0.3, 0.4) is 0 Å². The van der Waals surface area contributed by atoms with Gasteiger partial charge in [-0.15, -0.1) is 0 Å². The molecule has 2 aromatic heterocycles. The van der Waals surface area contributed by atoms with Crippen molar-refractivity contribution in [3.8, 4) is 11.6 Å². The molecule has 4 nitrogen and oxygen atoms in total. The van der Waals surface area contributed by atoms with Gasteiger partial charge in [-0.1, -0.05) is 13.8 Å². The zero-order valence-corrected chi connectivity index (χ0v) is 12.5. The van der Waals surface area contributed by atoms with Crippen LogP contribution in [0.5, 0.6) is 0 Å². The van der Waals surface area contributed by atoms with Gasteiger partial charge in [-0.25, -0.2) is 9.97 Å². The predicted molar refractivity (Wildman–Crippen MR) is 79.9 cm³/mol. The van der Waals surface area contributed by atoms with Crippen molar-refractivity contribution in [2.24, 2.45) is 5.92 Å². The van der Waals surface area contributed by atoms with E-state index in [-0.39, 0.29) is 0 Å². The maximum atomic E-state index is 5.94. The fourth-order valence-corrected chi connectivity index (χ4v) is 2.73. The standard InChI is InChI=1S/C16H21N3O/c1-5-11-10(3)18-16(19-15(11)17-4)14-7-6-13(20-14)12-8-9(12)2/h6-7,9,12H,5,8H2,1-4H3,(H,17,18,19). The third-order valence-electron chi connectivity index (χ3n) is 4.13. The minimum Gasteiger partial charge on any atom is -0.457 e. The van der Waals surface area contributed by atoms with Gasteiger partial charge in [-0.2, -0.15) is 0 Å². The Labute approximate surface area is 119 Å². The van der Waals surface area contributed by atoms with Crippen LogP contribution in [-0.4, -0.2) is 17.0 Å². The van der Waals surface area contributed by atoms with Gasteiger partial charge < -0.3 is 9.73 Å². The molecule has 0 amide bonds. The van der Waals surface area contributed by atoms with E-state index >= 15 is 0 Å². The Morgan fingerprint density at radius 3 is 2.70 bits per heavy atom. The highest BCUT2D eigenvalue weighted by atomic mass is 16.3.